The second-order valence-corrected chi connectivity index (χ2v) is 10.5. The number of imide groups is 1. The fourth-order valence-electron chi connectivity index (χ4n) is 3.63. The average Bonchev–Trinajstić information content (AvgIpc) is 2.89. The smallest absolute Gasteiger partial charge is 0.288 e. The molecule has 272 valence electrons. The van der Waals surface area contributed by atoms with Crippen molar-refractivity contribution in [2.75, 3.05) is 0 Å². The van der Waals surface area contributed by atoms with E-state index in [2.05, 4.69) is 0 Å². The third kappa shape index (κ3) is 5.64. The van der Waals surface area contributed by atoms with Gasteiger partial charge in [-0.2, -0.15) is 96.2 Å². The molecule has 0 radical (unpaired) electrons. The van der Waals surface area contributed by atoms with Gasteiger partial charge in [0, 0.05) is 22.1 Å². The Morgan fingerprint density at radius 1 is 0.521 bits per heavy atom. The zero-order valence-corrected chi connectivity index (χ0v) is 22.3. The van der Waals surface area contributed by atoms with E-state index in [1.807, 2.05) is 0 Å². The van der Waals surface area contributed by atoms with Crippen molar-refractivity contribution in [2.45, 2.75) is 53.1 Å². The Balaban J connectivity index is 0.000000886. The monoisotopic (exact) mass is 765 g/mol. The van der Waals surface area contributed by atoms with Crippen LogP contribution < -0.4 is 5.32 Å². The molecule has 0 fully saturated rings. The summed E-state index contributed by atoms with van der Waals surface area (Å²) in [6, 6.07) is 1.63. The fraction of sp³-hybridized carbons (Fsp3) is 0.429. The van der Waals surface area contributed by atoms with E-state index in [9.17, 15) is 97.4 Å². The summed E-state index contributed by atoms with van der Waals surface area (Å²) < 4.78 is 289. The predicted molar refractivity (Wildman–Crippen MR) is 113 cm³/mol. The summed E-state index contributed by atoms with van der Waals surface area (Å²) in [5.41, 5.74) is -9.50. The molecule has 48 heavy (non-hydrogen) atoms. The lowest BCUT2D eigenvalue weighted by atomic mass is 9.84. The van der Waals surface area contributed by atoms with Crippen molar-refractivity contribution in [1.29, 1.82) is 0 Å². The second kappa shape index (κ2) is 11.2. The number of hydrogen-bond donors (Lipinski definition) is 2. The fourth-order valence-corrected chi connectivity index (χ4v) is 3.63. The Morgan fingerprint density at radius 3 is 1.25 bits per heavy atom. The van der Waals surface area contributed by atoms with E-state index in [0.29, 0.717) is 12.1 Å². The van der Waals surface area contributed by atoms with Crippen molar-refractivity contribution >= 4 is 32.7 Å². The first-order valence-corrected chi connectivity index (χ1v) is 12.5. The zero-order valence-electron chi connectivity index (χ0n) is 21.4. The van der Waals surface area contributed by atoms with Gasteiger partial charge in [-0.25, -0.2) is 0 Å². The van der Waals surface area contributed by atoms with Crippen molar-refractivity contribution in [3.8, 4) is 0 Å². The summed E-state index contributed by atoms with van der Waals surface area (Å²) in [6.07, 6.45) is -7.84. The van der Waals surface area contributed by atoms with E-state index >= 15 is 0 Å². The Labute approximate surface area is 249 Å². The number of benzene rings is 2. The Morgan fingerprint density at radius 2 is 0.875 bits per heavy atom. The van der Waals surface area contributed by atoms with Gasteiger partial charge in [0.05, 0.1) is 0 Å². The van der Waals surface area contributed by atoms with Gasteiger partial charge in [-0.15, -0.1) is 0 Å². The summed E-state index contributed by atoms with van der Waals surface area (Å²) in [6.45, 7) is 0. The van der Waals surface area contributed by atoms with Crippen LogP contribution in [0.2, 0.25) is 0 Å². The summed E-state index contributed by atoms with van der Waals surface area (Å²) in [5.74, 6) is -60.3. The number of carbonyl (C=O) groups is 2. The molecule has 0 saturated carbocycles. The zero-order chi connectivity index (χ0) is 38.3. The Kier molecular flexibility index (Phi) is 9.45. The van der Waals surface area contributed by atoms with Gasteiger partial charge in [0.15, 0.2) is 0 Å². The number of halogens is 20. The standard InChI is InChI=1S/C20H6F17NO2.CHF3O3S/c21-13(22,9-5-4-8-10-6(9)2-1-3-7(10)11(39)38-12(8)40)14(23,24)15(25,26)16(27,28)17(29,30)18(31,32)19(33,34)20(35,36)37;2-1(3,4)8(5,6)7/h1-5H,(H,38,39,40);(H,5,6,7). The van der Waals surface area contributed by atoms with Gasteiger partial charge in [0.1, 0.15) is 0 Å². The summed E-state index contributed by atoms with van der Waals surface area (Å²) in [5, 5.41) is -0.719. The number of alkyl halides is 20. The van der Waals surface area contributed by atoms with E-state index in [-0.39, 0.29) is 12.1 Å². The van der Waals surface area contributed by atoms with Crippen LogP contribution in [-0.4, -0.2) is 72.0 Å². The molecule has 0 atom stereocenters. The van der Waals surface area contributed by atoms with Crippen molar-refractivity contribution in [3.63, 3.8) is 0 Å². The van der Waals surface area contributed by atoms with Gasteiger partial charge < -0.3 is 0 Å². The molecule has 0 spiro atoms. The van der Waals surface area contributed by atoms with Crippen LogP contribution in [0.15, 0.2) is 30.3 Å². The minimum atomic E-state index is -8.74. The molecule has 2 N–H and O–H groups in total. The third-order valence-corrected chi connectivity index (χ3v) is 6.69. The first-order valence-electron chi connectivity index (χ1n) is 11.1. The molecule has 2 aromatic rings. The van der Waals surface area contributed by atoms with E-state index in [1.54, 1.807) is 5.32 Å². The molecular weight excluding hydrogens is 758 g/mol. The molecule has 1 aliphatic heterocycles. The first-order chi connectivity index (χ1) is 20.9. The lowest BCUT2D eigenvalue weighted by molar-refractivity contribution is -0.462. The molecule has 1 heterocycles. The van der Waals surface area contributed by atoms with Crippen LogP contribution in [0.3, 0.4) is 0 Å². The lowest BCUT2D eigenvalue weighted by Gasteiger charge is -2.43. The summed E-state index contributed by atoms with van der Waals surface area (Å²) >= 11 is 0. The van der Waals surface area contributed by atoms with E-state index in [1.165, 1.54) is 0 Å². The maximum Gasteiger partial charge on any atom is 0.522 e. The van der Waals surface area contributed by atoms with Crippen LogP contribution in [-0.2, 0) is 16.0 Å². The van der Waals surface area contributed by atoms with Crippen LogP contribution in [0.1, 0.15) is 26.3 Å². The normalized spacial score (nSPS) is 16.0. The SMILES string of the molecule is O=C1NC(=O)c2ccc(C(F)(F)C(F)(F)C(F)(F)C(F)(F)C(F)(F)C(F)(F)C(F)(F)C(F)(F)F)c3cccc1c23.O=S(=O)(O)C(F)(F)F. The number of hydrogen-bond acceptors (Lipinski definition) is 4. The molecular formula is C21H7F20NO5S. The van der Waals surface area contributed by atoms with E-state index in [0.717, 1.165) is 6.07 Å². The number of rotatable bonds is 7. The molecule has 0 aliphatic carbocycles. The molecule has 2 amide bonds. The maximum absolute atomic E-state index is 14.9. The molecule has 1 aliphatic rings. The van der Waals surface area contributed by atoms with Crippen LogP contribution in [0.4, 0.5) is 87.8 Å². The summed E-state index contributed by atoms with van der Waals surface area (Å²) in [4.78, 5) is 23.8. The predicted octanol–water partition coefficient (Wildman–Crippen LogP) is 7.58. The maximum atomic E-state index is 14.9. The highest BCUT2D eigenvalue weighted by molar-refractivity contribution is 7.86. The Bertz CT molecular complexity index is 1710. The highest BCUT2D eigenvalue weighted by atomic mass is 32.2. The van der Waals surface area contributed by atoms with Crippen LogP contribution in [0.25, 0.3) is 10.8 Å². The van der Waals surface area contributed by atoms with Crippen molar-refractivity contribution < 1.29 is 110 Å². The molecule has 0 unspecified atom stereocenters. The number of carbonyl (C=O) groups excluding carboxylic acids is 2. The second-order valence-electron chi connectivity index (χ2n) is 9.11. The average molecular weight is 765 g/mol. The highest BCUT2D eigenvalue weighted by Gasteiger charge is 2.95. The van der Waals surface area contributed by atoms with Crippen LogP contribution in [0.5, 0.6) is 0 Å². The molecule has 3 rings (SSSR count). The Hall–Kier alpha value is -3.65. The quantitative estimate of drug-likeness (QED) is 0.131. The van der Waals surface area contributed by atoms with E-state index < -0.39 is 103 Å². The largest absolute Gasteiger partial charge is 0.522 e. The molecule has 0 aromatic heterocycles. The number of nitrogens with one attached hydrogen (secondary N) is 1. The topological polar surface area (TPSA) is 101 Å². The molecule has 27 heteroatoms. The van der Waals surface area contributed by atoms with Crippen molar-refractivity contribution in [2.24, 2.45) is 0 Å². The van der Waals surface area contributed by atoms with Crippen LogP contribution >= 0.6 is 0 Å². The van der Waals surface area contributed by atoms with Crippen molar-refractivity contribution in [3.05, 3.63) is 47.0 Å². The van der Waals surface area contributed by atoms with Gasteiger partial charge >= 0.3 is 63.3 Å². The number of amides is 2. The van der Waals surface area contributed by atoms with Gasteiger partial charge in [-0.1, -0.05) is 18.2 Å². The van der Waals surface area contributed by atoms with Crippen LogP contribution in [0, 0.1) is 0 Å². The van der Waals surface area contributed by atoms with Gasteiger partial charge in [0.2, 0.25) is 0 Å². The summed E-state index contributed by atoms with van der Waals surface area (Å²) in [7, 11) is -5.84. The van der Waals surface area contributed by atoms with Gasteiger partial charge in [0.25, 0.3) is 11.8 Å². The molecule has 2 aromatic carbocycles. The molecule has 6 nitrogen and oxygen atoms in total. The van der Waals surface area contributed by atoms with Gasteiger partial charge in [-0.3, -0.25) is 19.5 Å². The molecule has 0 saturated heterocycles. The van der Waals surface area contributed by atoms with E-state index in [4.69, 9.17) is 13.0 Å². The minimum absolute atomic E-state index is 0.176. The first kappa shape index (κ1) is 40.5. The van der Waals surface area contributed by atoms with Gasteiger partial charge in [-0.05, 0) is 17.5 Å². The minimum Gasteiger partial charge on any atom is -0.288 e. The lowest BCUT2D eigenvalue weighted by Crippen LogP contribution is -2.74. The van der Waals surface area contributed by atoms with Crippen molar-refractivity contribution in [1.82, 2.24) is 5.32 Å². The third-order valence-electron chi connectivity index (χ3n) is 6.11. The highest BCUT2D eigenvalue weighted by Crippen LogP contribution is 2.65. The molecule has 0 bridgehead atoms.